The number of aliphatic carboxylic acids is 1. The van der Waals surface area contributed by atoms with Gasteiger partial charge < -0.3 is 10.4 Å². The molecular weight excluding hydrogens is 218 g/mol. The topological polar surface area (TPSA) is 66.4 Å². The molecule has 0 aromatic carbocycles. The Labute approximate surface area is 103 Å². The predicted molar refractivity (Wildman–Crippen MR) is 65.5 cm³/mol. The molecule has 0 aliphatic heterocycles. The van der Waals surface area contributed by atoms with E-state index in [2.05, 4.69) is 19.2 Å². The summed E-state index contributed by atoms with van der Waals surface area (Å²) in [5, 5.41) is 11.8. The lowest BCUT2D eigenvalue weighted by Crippen LogP contribution is -2.42. The van der Waals surface area contributed by atoms with Crippen molar-refractivity contribution in [3.63, 3.8) is 0 Å². The van der Waals surface area contributed by atoms with Crippen LogP contribution in [0.15, 0.2) is 0 Å². The number of amides is 1. The van der Waals surface area contributed by atoms with Gasteiger partial charge in [-0.15, -0.1) is 0 Å². The molecule has 1 aliphatic rings. The number of carbonyl (C=O) groups is 2. The van der Waals surface area contributed by atoms with Crippen LogP contribution >= 0.6 is 0 Å². The van der Waals surface area contributed by atoms with Crippen LogP contribution in [-0.4, -0.2) is 23.5 Å². The van der Waals surface area contributed by atoms with Gasteiger partial charge in [0.05, 0.1) is 5.41 Å². The van der Waals surface area contributed by atoms with Crippen LogP contribution in [0.1, 0.15) is 47.0 Å². The molecule has 0 heterocycles. The molecule has 0 bridgehead atoms. The van der Waals surface area contributed by atoms with Crippen LogP contribution in [-0.2, 0) is 9.59 Å². The second-order valence-electron chi connectivity index (χ2n) is 6.25. The van der Waals surface area contributed by atoms with E-state index in [1.54, 1.807) is 0 Å². The second-order valence-corrected chi connectivity index (χ2v) is 6.25. The lowest BCUT2D eigenvalue weighted by Gasteiger charge is -2.26. The zero-order valence-corrected chi connectivity index (χ0v) is 11.2. The predicted octanol–water partition coefficient (Wildman–Crippen LogP) is 2.04. The van der Waals surface area contributed by atoms with Crippen LogP contribution in [0, 0.1) is 16.7 Å². The van der Waals surface area contributed by atoms with Crippen molar-refractivity contribution in [3.05, 3.63) is 0 Å². The molecule has 0 radical (unpaired) electrons. The third-order valence-electron chi connectivity index (χ3n) is 3.43. The molecule has 1 rings (SSSR count). The number of hydrogen-bond donors (Lipinski definition) is 2. The first-order valence-electron chi connectivity index (χ1n) is 6.21. The van der Waals surface area contributed by atoms with Gasteiger partial charge in [-0.3, -0.25) is 9.59 Å². The summed E-state index contributed by atoms with van der Waals surface area (Å²) in [4.78, 5) is 23.0. The third-order valence-corrected chi connectivity index (χ3v) is 3.43. The number of rotatable bonds is 6. The SMILES string of the molecule is CC(C)CC(C)(C)C(=O)NCC1(C(=O)O)CC1. The second kappa shape index (κ2) is 4.67. The fourth-order valence-corrected chi connectivity index (χ4v) is 2.22. The smallest absolute Gasteiger partial charge is 0.311 e. The number of carbonyl (C=O) groups excluding carboxylic acids is 1. The van der Waals surface area contributed by atoms with E-state index in [0.29, 0.717) is 18.8 Å². The Morgan fingerprint density at radius 2 is 1.88 bits per heavy atom. The molecule has 0 spiro atoms. The number of nitrogens with one attached hydrogen (secondary N) is 1. The average molecular weight is 241 g/mol. The zero-order chi connectivity index (χ0) is 13.3. The summed E-state index contributed by atoms with van der Waals surface area (Å²) in [6, 6.07) is 0. The van der Waals surface area contributed by atoms with Gasteiger partial charge >= 0.3 is 5.97 Å². The van der Waals surface area contributed by atoms with E-state index in [-0.39, 0.29) is 12.5 Å². The van der Waals surface area contributed by atoms with Crippen molar-refractivity contribution in [1.29, 1.82) is 0 Å². The molecule has 0 aromatic heterocycles. The van der Waals surface area contributed by atoms with Crippen LogP contribution in [0.2, 0.25) is 0 Å². The maximum Gasteiger partial charge on any atom is 0.311 e. The zero-order valence-electron chi connectivity index (χ0n) is 11.2. The van der Waals surface area contributed by atoms with Crippen LogP contribution in [0.4, 0.5) is 0 Å². The lowest BCUT2D eigenvalue weighted by atomic mass is 9.83. The first kappa shape index (κ1) is 14.0. The van der Waals surface area contributed by atoms with Crippen LogP contribution < -0.4 is 5.32 Å². The van der Waals surface area contributed by atoms with Gasteiger partial charge in [-0.1, -0.05) is 27.7 Å². The minimum absolute atomic E-state index is 0.0428. The number of hydrogen-bond acceptors (Lipinski definition) is 2. The van der Waals surface area contributed by atoms with E-state index in [0.717, 1.165) is 6.42 Å². The highest BCUT2D eigenvalue weighted by Crippen LogP contribution is 2.45. The molecule has 1 amide bonds. The number of carboxylic acid groups (broad SMARTS) is 1. The van der Waals surface area contributed by atoms with Gasteiger partial charge in [0.1, 0.15) is 0 Å². The summed E-state index contributed by atoms with van der Waals surface area (Å²) >= 11 is 0. The Balaban J connectivity index is 2.47. The summed E-state index contributed by atoms with van der Waals surface area (Å²) in [5.41, 5.74) is -1.10. The molecule has 17 heavy (non-hydrogen) atoms. The quantitative estimate of drug-likeness (QED) is 0.748. The van der Waals surface area contributed by atoms with Gasteiger partial charge in [-0.25, -0.2) is 0 Å². The fraction of sp³-hybridized carbons (Fsp3) is 0.846. The summed E-state index contributed by atoms with van der Waals surface area (Å²) in [7, 11) is 0. The highest BCUT2D eigenvalue weighted by Gasteiger charge is 2.50. The van der Waals surface area contributed by atoms with Crippen molar-refractivity contribution in [2.24, 2.45) is 16.7 Å². The van der Waals surface area contributed by atoms with E-state index in [1.807, 2.05) is 13.8 Å². The van der Waals surface area contributed by atoms with Gasteiger partial charge in [-0.05, 0) is 25.2 Å². The van der Waals surface area contributed by atoms with Crippen molar-refractivity contribution in [3.8, 4) is 0 Å². The first-order valence-corrected chi connectivity index (χ1v) is 6.21. The Hall–Kier alpha value is -1.06. The maximum atomic E-state index is 12.0. The van der Waals surface area contributed by atoms with Crippen molar-refractivity contribution >= 4 is 11.9 Å². The standard InChI is InChI=1S/C13H23NO3/c1-9(2)7-12(3,4)10(15)14-8-13(5-6-13)11(16)17/h9H,5-8H2,1-4H3,(H,14,15)(H,16,17). The van der Waals surface area contributed by atoms with E-state index >= 15 is 0 Å². The summed E-state index contributed by atoms with van der Waals surface area (Å²) < 4.78 is 0. The molecule has 0 atom stereocenters. The molecule has 4 heteroatoms. The highest BCUT2D eigenvalue weighted by atomic mass is 16.4. The molecule has 0 saturated heterocycles. The first-order chi connectivity index (χ1) is 7.69. The summed E-state index contributed by atoms with van der Waals surface area (Å²) in [6.07, 6.45) is 2.15. The molecule has 4 nitrogen and oxygen atoms in total. The van der Waals surface area contributed by atoms with E-state index in [9.17, 15) is 9.59 Å². The van der Waals surface area contributed by atoms with E-state index in [1.165, 1.54) is 0 Å². The van der Waals surface area contributed by atoms with E-state index in [4.69, 9.17) is 5.11 Å². The van der Waals surface area contributed by atoms with E-state index < -0.39 is 16.8 Å². The molecule has 2 N–H and O–H groups in total. The van der Waals surface area contributed by atoms with Gasteiger partial charge in [0.15, 0.2) is 0 Å². The summed E-state index contributed by atoms with van der Waals surface area (Å²) in [5.74, 6) is -0.386. The average Bonchev–Trinajstić information content (AvgIpc) is 2.92. The van der Waals surface area contributed by atoms with Crippen molar-refractivity contribution in [2.45, 2.75) is 47.0 Å². The normalized spacial score (nSPS) is 17.9. The fourth-order valence-electron chi connectivity index (χ4n) is 2.22. The van der Waals surface area contributed by atoms with Crippen molar-refractivity contribution < 1.29 is 14.7 Å². The highest BCUT2D eigenvalue weighted by molar-refractivity contribution is 5.83. The van der Waals surface area contributed by atoms with Gasteiger partial charge in [0, 0.05) is 12.0 Å². The largest absolute Gasteiger partial charge is 0.481 e. The molecule has 1 saturated carbocycles. The van der Waals surface area contributed by atoms with Crippen LogP contribution in [0.3, 0.4) is 0 Å². The third kappa shape index (κ3) is 3.45. The molecule has 98 valence electrons. The van der Waals surface area contributed by atoms with Gasteiger partial charge in [0.25, 0.3) is 0 Å². The van der Waals surface area contributed by atoms with Gasteiger partial charge in [-0.2, -0.15) is 0 Å². The van der Waals surface area contributed by atoms with Crippen molar-refractivity contribution in [2.75, 3.05) is 6.54 Å². The number of carboxylic acids is 1. The Bertz CT molecular complexity index is 317. The molecule has 1 aliphatic carbocycles. The Morgan fingerprint density at radius 3 is 2.24 bits per heavy atom. The Morgan fingerprint density at radius 1 is 1.35 bits per heavy atom. The van der Waals surface area contributed by atoms with Crippen LogP contribution in [0.25, 0.3) is 0 Å². The minimum Gasteiger partial charge on any atom is -0.481 e. The monoisotopic (exact) mass is 241 g/mol. The Kier molecular flexibility index (Phi) is 3.84. The maximum absolute atomic E-state index is 12.0. The molecule has 0 unspecified atom stereocenters. The summed E-state index contributed by atoms with van der Waals surface area (Å²) in [6.45, 7) is 8.23. The van der Waals surface area contributed by atoms with Crippen LogP contribution in [0.5, 0.6) is 0 Å². The lowest BCUT2D eigenvalue weighted by molar-refractivity contribution is -0.143. The molecule has 1 fully saturated rings. The molecule has 0 aromatic rings. The molecular formula is C13H23NO3. The van der Waals surface area contributed by atoms with Crippen molar-refractivity contribution in [1.82, 2.24) is 5.32 Å². The van der Waals surface area contributed by atoms with Gasteiger partial charge in [0.2, 0.25) is 5.91 Å². The minimum atomic E-state index is -0.792.